The minimum Gasteiger partial charge on any atom is -0.493 e. The average Bonchev–Trinajstić information content (AvgIpc) is 2.79. The Labute approximate surface area is 192 Å². The molecule has 1 aliphatic heterocycles. The minimum atomic E-state index is -3.75. The van der Waals surface area contributed by atoms with E-state index in [9.17, 15) is 17.6 Å². The van der Waals surface area contributed by atoms with Crippen LogP contribution in [0.2, 0.25) is 5.02 Å². The topological polar surface area (TPSA) is 84.9 Å². The molecular formula is C22H26ClFN2O5S. The van der Waals surface area contributed by atoms with E-state index < -0.39 is 21.6 Å². The van der Waals surface area contributed by atoms with Crippen molar-refractivity contribution in [3.63, 3.8) is 0 Å². The third-order valence-electron chi connectivity index (χ3n) is 5.52. The smallest absolute Gasteiger partial charge is 0.223 e. The molecule has 0 saturated carbocycles. The second-order valence-corrected chi connectivity index (χ2v) is 9.91. The SMILES string of the molecule is COc1ccc(CNC(=O)C2CCN(S(=O)(=O)Cc3c(F)cccc3Cl)CC2)cc1OC. The quantitative estimate of drug-likeness (QED) is 0.621. The van der Waals surface area contributed by atoms with Crippen LogP contribution < -0.4 is 14.8 Å². The zero-order valence-corrected chi connectivity index (χ0v) is 19.5. The number of halogens is 2. The van der Waals surface area contributed by atoms with E-state index in [2.05, 4.69) is 5.32 Å². The Balaban J connectivity index is 1.54. The van der Waals surface area contributed by atoms with Crippen LogP contribution in [0.15, 0.2) is 36.4 Å². The summed E-state index contributed by atoms with van der Waals surface area (Å²) in [7, 11) is -0.652. The van der Waals surface area contributed by atoms with Crippen molar-refractivity contribution in [1.82, 2.24) is 9.62 Å². The van der Waals surface area contributed by atoms with Crippen molar-refractivity contribution in [2.75, 3.05) is 27.3 Å². The van der Waals surface area contributed by atoms with E-state index in [1.54, 1.807) is 26.4 Å². The van der Waals surface area contributed by atoms with Gasteiger partial charge in [-0.15, -0.1) is 0 Å². The Morgan fingerprint density at radius 3 is 2.47 bits per heavy atom. The molecule has 0 radical (unpaired) electrons. The Morgan fingerprint density at radius 2 is 1.84 bits per heavy atom. The molecule has 174 valence electrons. The molecule has 0 bridgehead atoms. The Morgan fingerprint density at radius 1 is 1.16 bits per heavy atom. The van der Waals surface area contributed by atoms with E-state index in [1.807, 2.05) is 6.07 Å². The molecule has 3 rings (SSSR count). The van der Waals surface area contributed by atoms with Crippen molar-refractivity contribution in [2.24, 2.45) is 5.92 Å². The number of amides is 1. The number of nitrogens with zero attached hydrogens (tertiary/aromatic N) is 1. The van der Waals surface area contributed by atoms with Crippen LogP contribution in [0.3, 0.4) is 0 Å². The van der Waals surface area contributed by atoms with Gasteiger partial charge in [-0.3, -0.25) is 4.79 Å². The largest absolute Gasteiger partial charge is 0.493 e. The van der Waals surface area contributed by atoms with E-state index in [0.29, 0.717) is 30.9 Å². The number of rotatable bonds is 8. The third-order valence-corrected chi connectivity index (χ3v) is 7.68. The number of methoxy groups -OCH3 is 2. The number of hydrogen-bond acceptors (Lipinski definition) is 5. The molecule has 0 spiro atoms. The number of carbonyl (C=O) groups excluding carboxylic acids is 1. The van der Waals surface area contributed by atoms with E-state index in [1.165, 1.54) is 22.5 Å². The first-order valence-electron chi connectivity index (χ1n) is 10.1. The number of carbonyl (C=O) groups is 1. The van der Waals surface area contributed by atoms with Crippen LogP contribution >= 0.6 is 11.6 Å². The molecule has 0 aliphatic carbocycles. The Hall–Kier alpha value is -2.36. The highest BCUT2D eigenvalue weighted by Gasteiger charge is 2.32. The third kappa shape index (κ3) is 5.70. The minimum absolute atomic E-state index is 0.0380. The van der Waals surface area contributed by atoms with Gasteiger partial charge in [0.1, 0.15) is 5.82 Å². The molecule has 1 heterocycles. The lowest BCUT2D eigenvalue weighted by molar-refractivity contribution is -0.126. The van der Waals surface area contributed by atoms with Crippen LogP contribution in [0.25, 0.3) is 0 Å². The van der Waals surface area contributed by atoms with Crippen molar-refractivity contribution >= 4 is 27.5 Å². The molecule has 7 nitrogen and oxygen atoms in total. The van der Waals surface area contributed by atoms with E-state index in [-0.39, 0.29) is 35.5 Å². The van der Waals surface area contributed by atoms with Gasteiger partial charge in [-0.05, 0) is 42.7 Å². The molecule has 0 aromatic heterocycles. The fourth-order valence-corrected chi connectivity index (χ4v) is 5.58. The molecule has 1 saturated heterocycles. The van der Waals surface area contributed by atoms with Crippen molar-refractivity contribution in [3.05, 3.63) is 58.4 Å². The van der Waals surface area contributed by atoms with Crippen molar-refractivity contribution in [3.8, 4) is 11.5 Å². The second-order valence-electron chi connectivity index (χ2n) is 7.54. The van der Waals surface area contributed by atoms with E-state index in [0.717, 1.165) is 5.56 Å². The van der Waals surface area contributed by atoms with Gasteiger partial charge < -0.3 is 14.8 Å². The van der Waals surface area contributed by atoms with Gasteiger partial charge in [-0.25, -0.2) is 17.1 Å². The van der Waals surface area contributed by atoms with Crippen LogP contribution in [0.4, 0.5) is 4.39 Å². The first-order chi connectivity index (χ1) is 15.2. The summed E-state index contributed by atoms with van der Waals surface area (Å²) >= 11 is 5.97. The van der Waals surface area contributed by atoms with Crippen LogP contribution in [-0.2, 0) is 27.1 Å². The molecule has 0 atom stereocenters. The number of sulfonamides is 1. The molecule has 2 aromatic rings. The van der Waals surface area contributed by atoms with Crippen LogP contribution in [-0.4, -0.2) is 45.9 Å². The van der Waals surface area contributed by atoms with Gasteiger partial charge in [0.15, 0.2) is 11.5 Å². The fourth-order valence-electron chi connectivity index (χ4n) is 3.66. The molecule has 32 heavy (non-hydrogen) atoms. The van der Waals surface area contributed by atoms with Crippen LogP contribution in [0, 0.1) is 11.7 Å². The normalized spacial score (nSPS) is 15.4. The molecule has 10 heteroatoms. The van der Waals surface area contributed by atoms with Crippen LogP contribution in [0.1, 0.15) is 24.0 Å². The maximum atomic E-state index is 14.0. The lowest BCUT2D eigenvalue weighted by Crippen LogP contribution is -2.43. The van der Waals surface area contributed by atoms with Gasteiger partial charge in [-0.1, -0.05) is 23.7 Å². The molecule has 1 amide bonds. The van der Waals surface area contributed by atoms with Gasteiger partial charge in [0.05, 0.1) is 20.0 Å². The van der Waals surface area contributed by atoms with Gasteiger partial charge in [-0.2, -0.15) is 0 Å². The molecule has 2 aromatic carbocycles. The first kappa shape index (κ1) is 24.3. The van der Waals surface area contributed by atoms with Gasteiger partial charge in [0, 0.05) is 36.1 Å². The first-order valence-corrected chi connectivity index (χ1v) is 12.1. The van der Waals surface area contributed by atoms with Gasteiger partial charge in [0.25, 0.3) is 0 Å². The summed E-state index contributed by atoms with van der Waals surface area (Å²) in [4.78, 5) is 12.6. The Bertz CT molecular complexity index is 1050. The average molecular weight is 485 g/mol. The number of ether oxygens (including phenoxy) is 2. The number of piperidine rings is 1. The highest BCUT2D eigenvalue weighted by atomic mass is 35.5. The summed E-state index contributed by atoms with van der Waals surface area (Å²) in [6, 6.07) is 9.48. The summed E-state index contributed by atoms with van der Waals surface area (Å²) < 4.78 is 51.2. The highest BCUT2D eigenvalue weighted by molar-refractivity contribution is 7.88. The molecule has 0 unspecified atom stereocenters. The monoisotopic (exact) mass is 484 g/mol. The molecular weight excluding hydrogens is 459 g/mol. The summed E-state index contributed by atoms with van der Waals surface area (Å²) in [6.45, 7) is 0.717. The van der Waals surface area contributed by atoms with Gasteiger partial charge >= 0.3 is 0 Å². The zero-order valence-electron chi connectivity index (χ0n) is 17.9. The van der Waals surface area contributed by atoms with E-state index in [4.69, 9.17) is 21.1 Å². The van der Waals surface area contributed by atoms with Crippen LogP contribution in [0.5, 0.6) is 11.5 Å². The van der Waals surface area contributed by atoms with E-state index >= 15 is 0 Å². The predicted octanol–water partition coefficient (Wildman–Crippen LogP) is 3.35. The maximum Gasteiger partial charge on any atom is 0.223 e. The molecule has 1 fully saturated rings. The zero-order chi connectivity index (χ0) is 23.3. The second kappa shape index (κ2) is 10.5. The summed E-state index contributed by atoms with van der Waals surface area (Å²) in [5.74, 6) is -0.395. The van der Waals surface area contributed by atoms with Gasteiger partial charge in [0.2, 0.25) is 15.9 Å². The lowest BCUT2D eigenvalue weighted by atomic mass is 9.97. The number of nitrogens with one attached hydrogen (secondary N) is 1. The maximum absolute atomic E-state index is 14.0. The molecule has 1 aliphatic rings. The van der Waals surface area contributed by atoms with Crippen molar-refractivity contribution in [2.45, 2.75) is 25.1 Å². The number of hydrogen-bond donors (Lipinski definition) is 1. The summed E-state index contributed by atoms with van der Waals surface area (Å²) in [6.07, 6.45) is 0.782. The fraction of sp³-hybridized carbons (Fsp3) is 0.409. The predicted molar refractivity (Wildman–Crippen MR) is 120 cm³/mol. The summed E-state index contributed by atoms with van der Waals surface area (Å²) in [5.41, 5.74) is 0.821. The lowest BCUT2D eigenvalue weighted by Gasteiger charge is -2.30. The van der Waals surface area contributed by atoms with Crippen molar-refractivity contribution in [1.29, 1.82) is 0 Å². The standard InChI is InChI=1S/C22H26ClFN2O5S/c1-30-20-7-6-15(12-21(20)31-2)13-25-22(27)16-8-10-26(11-9-16)32(28,29)14-17-18(23)4-3-5-19(17)24/h3-7,12,16H,8-11,13-14H2,1-2H3,(H,25,27). The highest BCUT2D eigenvalue weighted by Crippen LogP contribution is 2.28. The Kier molecular flexibility index (Phi) is 7.97. The molecule has 1 N–H and O–H groups in total. The summed E-state index contributed by atoms with van der Waals surface area (Å²) in [5, 5.41) is 2.98. The number of benzene rings is 2. The van der Waals surface area contributed by atoms with Crippen molar-refractivity contribution < 1.29 is 27.1 Å².